The molecule has 0 aliphatic carbocycles. The van der Waals surface area contributed by atoms with Crippen LogP contribution in [0.25, 0.3) is 11.0 Å². The van der Waals surface area contributed by atoms with E-state index in [1.807, 2.05) is 13.8 Å². The lowest BCUT2D eigenvalue weighted by molar-refractivity contribution is 0.290. The first-order valence-corrected chi connectivity index (χ1v) is 7.52. The van der Waals surface area contributed by atoms with Crippen molar-refractivity contribution in [3.8, 4) is 5.75 Å². The average molecular weight is 326 g/mol. The second kappa shape index (κ2) is 7.65. The van der Waals surface area contributed by atoms with Crippen molar-refractivity contribution in [2.24, 2.45) is 0 Å². The van der Waals surface area contributed by atoms with Crippen LogP contribution in [-0.4, -0.2) is 23.1 Å². The number of hydrogen-bond donors (Lipinski definition) is 1. The lowest BCUT2D eigenvalue weighted by atomic mass is 10.0. The van der Waals surface area contributed by atoms with Crippen molar-refractivity contribution in [2.45, 2.75) is 40.7 Å². The van der Waals surface area contributed by atoms with Gasteiger partial charge in [-0.2, -0.15) is 0 Å². The normalized spacial score (nSPS) is 11.0. The standard InChI is InChI=1S/C17H23NO3.ClH/c1-5-12-11(4)21-17-13(16(12)20)8-9-15(19)14(17)10-18(6-2)7-3;/h8-9,19H,5-7,10H2,1-4H3;1H. The molecular weight excluding hydrogens is 302 g/mol. The van der Waals surface area contributed by atoms with Crippen molar-refractivity contribution in [3.63, 3.8) is 0 Å². The lowest BCUT2D eigenvalue weighted by Crippen LogP contribution is -2.22. The molecule has 5 heteroatoms. The van der Waals surface area contributed by atoms with Crippen molar-refractivity contribution < 1.29 is 9.52 Å². The van der Waals surface area contributed by atoms with E-state index in [9.17, 15) is 9.90 Å². The van der Waals surface area contributed by atoms with E-state index in [0.717, 1.165) is 13.1 Å². The van der Waals surface area contributed by atoms with Gasteiger partial charge in [0.25, 0.3) is 0 Å². The van der Waals surface area contributed by atoms with Gasteiger partial charge in [0.15, 0.2) is 5.43 Å². The first-order valence-electron chi connectivity index (χ1n) is 7.52. The minimum Gasteiger partial charge on any atom is -0.507 e. The Labute approximate surface area is 137 Å². The highest BCUT2D eigenvalue weighted by Crippen LogP contribution is 2.28. The molecule has 4 nitrogen and oxygen atoms in total. The Hall–Kier alpha value is -1.52. The summed E-state index contributed by atoms with van der Waals surface area (Å²) in [5.41, 5.74) is 1.93. The topological polar surface area (TPSA) is 53.7 Å². The van der Waals surface area contributed by atoms with E-state index in [-0.39, 0.29) is 23.6 Å². The van der Waals surface area contributed by atoms with Gasteiger partial charge in [-0.1, -0.05) is 20.8 Å². The molecule has 0 saturated carbocycles. The second-order valence-electron chi connectivity index (χ2n) is 5.22. The van der Waals surface area contributed by atoms with Crippen molar-refractivity contribution in [3.05, 3.63) is 39.2 Å². The summed E-state index contributed by atoms with van der Waals surface area (Å²) in [5.74, 6) is 0.822. The summed E-state index contributed by atoms with van der Waals surface area (Å²) in [6, 6.07) is 3.24. The molecule has 0 radical (unpaired) electrons. The Morgan fingerprint density at radius 3 is 2.32 bits per heavy atom. The molecule has 0 unspecified atom stereocenters. The second-order valence-corrected chi connectivity index (χ2v) is 5.22. The zero-order valence-electron chi connectivity index (χ0n) is 13.6. The number of nitrogens with zero attached hydrogens (tertiary/aromatic N) is 1. The van der Waals surface area contributed by atoms with Gasteiger partial charge < -0.3 is 9.52 Å². The summed E-state index contributed by atoms with van der Waals surface area (Å²) in [5, 5.41) is 10.7. The Balaban J connectivity index is 0.00000242. The number of phenols is 1. The third-order valence-electron chi connectivity index (χ3n) is 4.06. The third kappa shape index (κ3) is 3.28. The van der Waals surface area contributed by atoms with Gasteiger partial charge in [-0.05, 0) is 38.6 Å². The van der Waals surface area contributed by atoms with E-state index in [1.54, 1.807) is 12.1 Å². The molecule has 0 spiro atoms. The van der Waals surface area contributed by atoms with Crippen molar-refractivity contribution in [1.29, 1.82) is 0 Å². The molecule has 2 rings (SSSR count). The molecule has 122 valence electrons. The summed E-state index contributed by atoms with van der Waals surface area (Å²) in [6.45, 7) is 10.2. The maximum Gasteiger partial charge on any atom is 0.196 e. The highest BCUT2D eigenvalue weighted by molar-refractivity contribution is 5.85. The molecule has 1 N–H and O–H groups in total. The molecule has 1 aromatic carbocycles. The molecule has 1 heterocycles. The number of aromatic hydroxyl groups is 1. The van der Waals surface area contributed by atoms with Crippen LogP contribution >= 0.6 is 12.4 Å². The Morgan fingerprint density at radius 2 is 1.77 bits per heavy atom. The van der Waals surface area contributed by atoms with Gasteiger partial charge in [0.1, 0.15) is 17.1 Å². The van der Waals surface area contributed by atoms with Crippen molar-refractivity contribution >= 4 is 23.4 Å². The van der Waals surface area contributed by atoms with Gasteiger partial charge in [0.2, 0.25) is 0 Å². The largest absolute Gasteiger partial charge is 0.507 e. The van der Waals surface area contributed by atoms with Crippen LogP contribution in [0.4, 0.5) is 0 Å². The van der Waals surface area contributed by atoms with Gasteiger partial charge in [0, 0.05) is 12.1 Å². The summed E-state index contributed by atoms with van der Waals surface area (Å²) in [7, 11) is 0. The number of aryl methyl sites for hydroxylation is 1. The van der Waals surface area contributed by atoms with Crippen LogP contribution in [-0.2, 0) is 13.0 Å². The molecule has 0 amide bonds. The van der Waals surface area contributed by atoms with E-state index < -0.39 is 0 Å². The highest BCUT2D eigenvalue weighted by Gasteiger charge is 2.17. The molecule has 0 bridgehead atoms. The molecule has 0 fully saturated rings. The van der Waals surface area contributed by atoms with Crippen molar-refractivity contribution in [1.82, 2.24) is 4.90 Å². The van der Waals surface area contributed by atoms with E-state index in [0.29, 0.717) is 40.8 Å². The van der Waals surface area contributed by atoms with Gasteiger partial charge in [-0.15, -0.1) is 12.4 Å². The molecule has 1 aromatic heterocycles. The summed E-state index contributed by atoms with van der Waals surface area (Å²) in [4.78, 5) is 14.7. The first-order chi connectivity index (χ1) is 10.0. The minimum atomic E-state index is 0. The van der Waals surface area contributed by atoms with E-state index >= 15 is 0 Å². The number of hydrogen-bond acceptors (Lipinski definition) is 4. The molecule has 22 heavy (non-hydrogen) atoms. The Kier molecular flexibility index (Phi) is 6.45. The molecule has 0 saturated heterocycles. The van der Waals surface area contributed by atoms with E-state index in [1.165, 1.54) is 0 Å². The summed E-state index contributed by atoms with van der Waals surface area (Å²) in [6.07, 6.45) is 0.649. The maximum atomic E-state index is 12.5. The van der Waals surface area contributed by atoms with E-state index in [2.05, 4.69) is 18.7 Å². The minimum absolute atomic E-state index is 0. The van der Waals surface area contributed by atoms with Gasteiger partial charge in [-0.3, -0.25) is 9.69 Å². The Morgan fingerprint density at radius 1 is 1.14 bits per heavy atom. The molecule has 0 atom stereocenters. The quantitative estimate of drug-likeness (QED) is 0.912. The number of rotatable bonds is 5. The average Bonchev–Trinajstić information content (AvgIpc) is 2.47. The zero-order chi connectivity index (χ0) is 15.6. The number of phenolic OH excluding ortho intramolecular Hbond substituents is 1. The van der Waals surface area contributed by atoms with Crippen LogP contribution in [0.5, 0.6) is 5.75 Å². The Bertz CT molecular complexity index is 705. The van der Waals surface area contributed by atoms with Crippen LogP contribution in [0, 0.1) is 6.92 Å². The number of halogens is 1. The van der Waals surface area contributed by atoms with Gasteiger partial charge >= 0.3 is 0 Å². The fourth-order valence-corrected chi connectivity index (χ4v) is 2.68. The van der Waals surface area contributed by atoms with Crippen LogP contribution in [0.2, 0.25) is 0 Å². The number of benzene rings is 1. The molecule has 2 aromatic rings. The van der Waals surface area contributed by atoms with Crippen LogP contribution < -0.4 is 5.43 Å². The SMILES string of the molecule is CCc1c(C)oc2c(CN(CC)CC)c(O)ccc2c1=O.Cl. The maximum absolute atomic E-state index is 12.5. The zero-order valence-corrected chi connectivity index (χ0v) is 14.4. The predicted molar refractivity (Wildman–Crippen MR) is 92.1 cm³/mol. The third-order valence-corrected chi connectivity index (χ3v) is 4.06. The summed E-state index contributed by atoms with van der Waals surface area (Å²) < 4.78 is 5.88. The first kappa shape index (κ1) is 18.5. The fraction of sp³-hybridized carbons (Fsp3) is 0.471. The summed E-state index contributed by atoms with van der Waals surface area (Å²) >= 11 is 0. The fourth-order valence-electron chi connectivity index (χ4n) is 2.68. The van der Waals surface area contributed by atoms with Gasteiger partial charge in [-0.25, -0.2) is 0 Å². The van der Waals surface area contributed by atoms with Crippen LogP contribution in [0.15, 0.2) is 21.3 Å². The predicted octanol–water partition coefficient (Wildman–Crippen LogP) is 3.63. The molecule has 0 aliphatic rings. The lowest BCUT2D eigenvalue weighted by Gasteiger charge is -2.19. The monoisotopic (exact) mass is 325 g/mol. The van der Waals surface area contributed by atoms with Gasteiger partial charge in [0.05, 0.1) is 10.9 Å². The molecule has 0 aliphatic heterocycles. The highest BCUT2D eigenvalue weighted by atomic mass is 35.5. The van der Waals surface area contributed by atoms with Crippen LogP contribution in [0.1, 0.15) is 37.7 Å². The van der Waals surface area contributed by atoms with Crippen LogP contribution in [0.3, 0.4) is 0 Å². The molecular formula is C17H24ClNO3. The van der Waals surface area contributed by atoms with E-state index in [4.69, 9.17) is 4.42 Å². The van der Waals surface area contributed by atoms with Crippen molar-refractivity contribution in [2.75, 3.05) is 13.1 Å². The smallest absolute Gasteiger partial charge is 0.196 e. The number of fused-ring (bicyclic) bond motifs is 1.